The largest absolute Gasteiger partial charge is 0.462 e. The molecule has 0 unspecified atom stereocenters. The Labute approximate surface area is 388 Å². The van der Waals surface area contributed by atoms with Gasteiger partial charge >= 0.3 is 23.9 Å². The van der Waals surface area contributed by atoms with Crippen LogP contribution in [0.2, 0.25) is 0 Å². The Morgan fingerprint density at radius 2 is 1.55 bits per heavy atom. The fraction of sp³-hybridized carbons (Fsp3) is 0.480. The molecule has 2 bridgehead atoms. The van der Waals surface area contributed by atoms with E-state index in [4.69, 9.17) is 33.3 Å². The summed E-state index contributed by atoms with van der Waals surface area (Å²) in [5.41, 5.74) is -0.168. The smallest absolute Gasteiger partial charge is 0.348 e. The number of amides is 2. The lowest BCUT2D eigenvalue weighted by Crippen LogP contribution is -2.69. The molecule has 0 aromatic heterocycles. The van der Waals surface area contributed by atoms with E-state index in [1.807, 2.05) is 60.7 Å². The molecule has 3 aromatic rings. The Hall–Kier alpha value is -5.98. The highest BCUT2D eigenvalue weighted by atomic mass is 16.8. The highest BCUT2D eigenvalue weighted by molar-refractivity contribution is 5.94. The average Bonchev–Trinajstić information content (AvgIpc) is 3.96. The van der Waals surface area contributed by atoms with Crippen LogP contribution < -0.4 is 10.6 Å². The van der Waals surface area contributed by atoms with Crippen molar-refractivity contribution in [3.63, 3.8) is 0 Å². The number of nitrogens with one attached hydrogen (secondary N) is 2. The van der Waals surface area contributed by atoms with Crippen LogP contribution in [-0.2, 0) is 74.4 Å². The maximum absolute atomic E-state index is 14.9. The first-order chi connectivity index (χ1) is 31.9. The van der Waals surface area contributed by atoms with Crippen molar-refractivity contribution in [3.8, 4) is 0 Å². The van der Waals surface area contributed by atoms with E-state index in [-0.39, 0.29) is 45.4 Å². The van der Waals surface area contributed by atoms with Crippen molar-refractivity contribution in [2.45, 2.75) is 121 Å². The molecule has 5 aliphatic rings. The standard InChI is InChI=1S/C50H57N3O14/c1-47(2,3)64-38(57)23-21-34(28-54)52-36(55)24-25-51-46(60)49-26-35-39-40(66-50(65-39,32-12-8-6-9-13-32)33-14-10-7-11-15-33)42(49)67-53(41(49)44(58)62-35)27-31-18-16-30(17-19-31)20-22-37(56)63-43-45(59)61-29-48(43,4)5/h6-20,22,34-35,39-43,54H,21,23-29H2,1-5H3,(H,51,60)(H,52,55)/t34-,35+,39-,40-,41-,42+,43-,49-/m0/s1. The van der Waals surface area contributed by atoms with Gasteiger partial charge in [0, 0.05) is 48.4 Å². The van der Waals surface area contributed by atoms with Crippen molar-refractivity contribution in [2.75, 3.05) is 19.8 Å². The summed E-state index contributed by atoms with van der Waals surface area (Å²) in [5.74, 6) is -4.89. The van der Waals surface area contributed by atoms with Crippen molar-refractivity contribution >= 4 is 41.8 Å². The van der Waals surface area contributed by atoms with E-state index in [0.29, 0.717) is 22.3 Å². The van der Waals surface area contributed by atoms with Gasteiger partial charge in [0.1, 0.15) is 42.0 Å². The van der Waals surface area contributed by atoms with Crippen LogP contribution >= 0.6 is 0 Å². The molecule has 1 saturated carbocycles. The number of carbonyl (C=O) groups excluding carboxylic acids is 6. The lowest BCUT2D eigenvalue weighted by atomic mass is 9.62. The molecule has 3 aromatic carbocycles. The lowest BCUT2D eigenvalue weighted by molar-refractivity contribution is -0.213. The van der Waals surface area contributed by atoms with Gasteiger partial charge in [-0.05, 0) is 44.4 Å². The molecule has 0 radical (unpaired) electrons. The molecule has 8 atom stereocenters. The number of hydroxylamine groups is 2. The minimum atomic E-state index is -1.56. The van der Waals surface area contributed by atoms with Crippen molar-refractivity contribution in [1.82, 2.24) is 15.7 Å². The number of hydrogen-bond acceptors (Lipinski definition) is 15. The second-order valence-electron chi connectivity index (χ2n) is 19.3. The van der Waals surface area contributed by atoms with Gasteiger partial charge in [0.15, 0.2) is 6.04 Å². The molecule has 67 heavy (non-hydrogen) atoms. The molecular weight excluding hydrogens is 867 g/mol. The summed E-state index contributed by atoms with van der Waals surface area (Å²) >= 11 is 0. The van der Waals surface area contributed by atoms with Crippen LogP contribution in [0.15, 0.2) is 91.0 Å². The van der Waals surface area contributed by atoms with Crippen LogP contribution in [0.5, 0.6) is 0 Å². The maximum atomic E-state index is 14.9. The van der Waals surface area contributed by atoms with Crippen molar-refractivity contribution in [2.24, 2.45) is 10.8 Å². The quantitative estimate of drug-likeness (QED) is 0.106. The molecule has 3 N–H and O–H groups in total. The summed E-state index contributed by atoms with van der Waals surface area (Å²) in [6.07, 6.45) is -1.97. The average molecular weight is 924 g/mol. The summed E-state index contributed by atoms with van der Waals surface area (Å²) in [6, 6.07) is 23.9. The van der Waals surface area contributed by atoms with Crippen molar-refractivity contribution in [1.29, 1.82) is 0 Å². The predicted molar refractivity (Wildman–Crippen MR) is 236 cm³/mol. The molecule has 4 aliphatic heterocycles. The van der Waals surface area contributed by atoms with E-state index < -0.39 is 107 Å². The van der Waals surface area contributed by atoms with Gasteiger partial charge in [-0.25, -0.2) is 9.59 Å². The van der Waals surface area contributed by atoms with Gasteiger partial charge in [-0.1, -0.05) is 98.8 Å². The Bertz CT molecular complexity index is 2330. The zero-order valence-corrected chi connectivity index (χ0v) is 38.1. The van der Waals surface area contributed by atoms with E-state index in [1.54, 1.807) is 65.0 Å². The normalized spacial score (nSPS) is 27.4. The van der Waals surface area contributed by atoms with E-state index in [1.165, 1.54) is 11.1 Å². The molecule has 5 fully saturated rings. The molecule has 4 saturated heterocycles. The predicted octanol–water partition coefficient (Wildman–Crippen LogP) is 3.79. The van der Waals surface area contributed by atoms with Crippen LogP contribution in [0.4, 0.5) is 0 Å². The number of nitrogens with zero attached hydrogens (tertiary/aromatic N) is 1. The summed E-state index contributed by atoms with van der Waals surface area (Å²) in [5, 5.41) is 17.0. The van der Waals surface area contributed by atoms with Crippen LogP contribution in [0.25, 0.3) is 6.08 Å². The summed E-state index contributed by atoms with van der Waals surface area (Å²) < 4.78 is 35.9. The van der Waals surface area contributed by atoms with Gasteiger partial charge in [0.2, 0.25) is 23.7 Å². The van der Waals surface area contributed by atoms with Gasteiger partial charge in [0.25, 0.3) is 0 Å². The van der Waals surface area contributed by atoms with Crippen LogP contribution in [0.1, 0.15) is 82.6 Å². The number of cyclic esters (lactones) is 1. The number of carbonyl (C=O) groups is 6. The number of fused-ring (bicyclic) bond motifs is 4. The van der Waals surface area contributed by atoms with Crippen molar-refractivity contribution in [3.05, 3.63) is 113 Å². The zero-order valence-electron chi connectivity index (χ0n) is 38.1. The fourth-order valence-electron chi connectivity index (χ4n) is 9.51. The Balaban J connectivity index is 1.02. The van der Waals surface area contributed by atoms with E-state index in [2.05, 4.69) is 10.6 Å². The highest BCUT2D eigenvalue weighted by Gasteiger charge is 2.76. The summed E-state index contributed by atoms with van der Waals surface area (Å²) in [6.45, 7) is 8.47. The summed E-state index contributed by atoms with van der Waals surface area (Å²) in [7, 11) is 0. The number of rotatable bonds is 16. The van der Waals surface area contributed by atoms with Crippen molar-refractivity contribution < 1.29 is 67.1 Å². The molecule has 8 rings (SSSR count). The first kappa shape index (κ1) is 47.5. The summed E-state index contributed by atoms with van der Waals surface area (Å²) in [4.78, 5) is 86.2. The molecule has 4 heterocycles. The van der Waals surface area contributed by atoms with Gasteiger partial charge in [-0.2, -0.15) is 5.06 Å². The van der Waals surface area contributed by atoms with Gasteiger partial charge in [-0.3, -0.25) is 24.0 Å². The first-order valence-corrected chi connectivity index (χ1v) is 22.6. The number of aliphatic hydroxyl groups is 1. The fourth-order valence-corrected chi connectivity index (χ4v) is 9.51. The van der Waals surface area contributed by atoms with Crippen LogP contribution in [0.3, 0.4) is 0 Å². The molecule has 356 valence electrons. The van der Waals surface area contributed by atoms with E-state index >= 15 is 0 Å². The number of esters is 4. The maximum Gasteiger partial charge on any atom is 0.348 e. The second-order valence-corrected chi connectivity index (χ2v) is 19.3. The van der Waals surface area contributed by atoms with Crippen LogP contribution in [-0.4, -0.2) is 114 Å². The molecular formula is C50H57N3O14. The van der Waals surface area contributed by atoms with E-state index in [0.717, 1.165) is 0 Å². The van der Waals surface area contributed by atoms with Gasteiger partial charge < -0.3 is 44.2 Å². The highest BCUT2D eigenvalue weighted by Crippen LogP contribution is 2.59. The molecule has 17 nitrogen and oxygen atoms in total. The number of ether oxygens (including phenoxy) is 6. The number of hydrogen-bond donors (Lipinski definition) is 3. The topological polar surface area (TPSA) is 215 Å². The molecule has 1 aliphatic carbocycles. The first-order valence-electron chi connectivity index (χ1n) is 22.6. The van der Waals surface area contributed by atoms with Gasteiger partial charge in [0.05, 0.1) is 19.2 Å². The third-order valence-electron chi connectivity index (χ3n) is 12.7. The van der Waals surface area contributed by atoms with Crippen LogP contribution in [0, 0.1) is 10.8 Å². The monoisotopic (exact) mass is 923 g/mol. The Morgan fingerprint density at radius 3 is 2.16 bits per heavy atom. The minimum Gasteiger partial charge on any atom is -0.462 e. The van der Waals surface area contributed by atoms with E-state index in [9.17, 15) is 33.9 Å². The zero-order chi connectivity index (χ0) is 47.7. The molecule has 0 spiro atoms. The molecule has 2 amide bonds. The Morgan fingerprint density at radius 1 is 0.896 bits per heavy atom. The third-order valence-corrected chi connectivity index (χ3v) is 12.7. The number of aliphatic hydroxyl groups excluding tert-OH is 1. The lowest BCUT2D eigenvalue weighted by Gasteiger charge is -2.48. The Kier molecular flexibility index (Phi) is 13.4. The third kappa shape index (κ3) is 9.74. The van der Waals surface area contributed by atoms with Gasteiger partial charge in [-0.15, -0.1) is 0 Å². The number of benzene rings is 3. The SMILES string of the molecule is CC(C)(C)OC(=O)CC[C@@H](CO)NC(=O)CCNC(=O)[C@@]12C[C@H]3OC(=O)[C@@H]1N(Cc1ccc(C=CC(=O)O[C@H]4C(=O)OCC4(C)C)cc1)O[C@@H]2[C@H]1OC(c2ccccc2)(c2ccccc2)O[C@H]13. The second kappa shape index (κ2) is 19.0. The molecule has 17 heteroatoms. The minimum absolute atomic E-state index is 0.0143.